The quantitative estimate of drug-likeness (QED) is 0.441. The second kappa shape index (κ2) is 4.68. The fourth-order valence-electron chi connectivity index (χ4n) is 2.98. The Morgan fingerprint density at radius 2 is 1.57 bits per heavy atom. The maximum atomic E-state index is 2.32. The zero-order chi connectivity index (χ0) is 14.4. The SMILES string of the molecule is Cc1ccccc1-c1ccc2c3ccccc3sc2[n+]1C. The van der Waals surface area contributed by atoms with Crippen LogP contribution in [0, 0.1) is 6.92 Å². The van der Waals surface area contributed by atoms with Gasteiger partial charge < -0.3 is 0 Å². The summed E-state index contributed by atoms with van der Waals surface area (Å²) in [6, 6.07) is 21.7. The minimum absolute atomic E-state index is 1.27. The van der Waals surface area contributed by atoms with E-state index in [9.17, 15) is 0 Å². The van der Waals surface area contributed by atoms with Gasteiger partial charge in [-0.15, -0.1) is 0 Å². The smallest absolute Gasteiger partial charge is 0.185 e. The van der Waals surface area contributed by atoms with Crippen LogP contribution in [0.1, 0.15) is 5.56 Å². The van der Waals surface area contributed by atoms with E-state index in [1.54, 1.807) is 0 Å². The van der Waals surface area contributed by atoms with Crippen LogP contribution in [0.15, 0.2) is 60.7 Å². The van der Waals surface area contributed by atoms with Gasteiger partial charge in [-0.3, -0.25) is 0 Å². The molecule has 0 atom stereocenters. The van der Waals surface area contributed by atoms with Gasteiger partial charge in [-0.2, -0.15) is 4.57 Å². The highest BCUT2D eigenvalue weighted by Crippen LogP contribution is 2.33. The highest BCUT2D eigenvalue weighted by atomic mass is 32.1. The van der Waals surface area contributed by atoms with E-state index in [1.807, 2.05) is 11.3 Å². The zero-order valence-corrected chi connectivity index (χ0v) is 12.9. The number of aryl methyl sites for hydroxylation is 2. The molecular formula is C19H16NS+. The van der Waals surface area contributed by atoms with Crippen LogP contribution < -0.4 is 4.57 Å². The van der Waals surface area contributed by atoms with E-state index < -0.39 is 0 Å². The van der Waals surface area contributed by atoms with Gasteiger partial charge in [0.1, 0.15) is 7.05 Å². The van der Waals surface area contributed by atoms with E-state index in [1.165, 1.54) is 37.1 Å². The molecule has 0 aliphatic heterocycles. The van der Waals surface area contributed by atoms with E-state index in [2.05, 4.69) is 79.2 Å². The van der Waals surface area contributed by atoms with E-state index in [4.69, 9.17) is 0 Å². The lowest BCUT2D eigenvalue weighted by molar-refractivity contribution is -0.631. The lowest BCUT2D eigenvalue weighted by atomic mass is 10.0. The Morgan fingerprint density at radius 1 is 0.810 bits per heavy atom. The van der Waals surface area contributed by atoms with E-state index >= 15 is 0 Å². The third-order valence-corrected chi connectivity index (χ3v) is 5.37. The van der Waals surface area contributed by atoms with Crippen molar-refractivity contribution in [3.05, 3.63) is 66.2 Å². The molecule has 0 saturated heterocycles. The van der Waals surface area contributed by atoms with Crippen LogP contribution in [0.3, 0.4) is 0 Å². The molecule has 2 aromatic carbocycles. The van der Waals surface area contributed by atoms with Gasteiger partial charge in [0, 0.05) is 21.7 Å². The lowest BCUT2D eigenvalue weighted by Gasteiger charge is -2.04. The van der Waals surface area contributed by atoms with Gasteiger partial charge in [0.05, 0.1) is 5.39 Å². The predicted octanol–water partition coefficient (Wildman–Crippen LogP) is 4.85. The second-order valence-corrected chi connectivity index (χ2v) is 6.44. The van der Waals surface area contributed by atoms with Gasteiger partial charge in [0.25, 0.3) is 4.83 Å². The van der Waals surface area contributed by atoms with Crippen molar-refractivity contribution in [1.82, 2.24) is 0 Å². The molecule has 1 nitrogen and oxygen atoms in total. The largest absolute Gasteiger partial charge is 0.270 e. The number of nitrogens with zero attached hydrogens (tertiary/aromatic N) is 1. The van der Waals surface area contributed by atoms with Crippen LogP contribution in [0.4, 0.5) is 0 Å². The summed E-state index contributed by atoms with van der Waals surface area (Å²) in [6.45, 7) is 2.17. The number of fused-ring (bicyclic) bond motifs is 3. The molecule has 0 bridgehead atoms. The molecule has 4 aromatic rings. The summed E-state index contributed by atoms with van der Waals surface area (Å²) in [7, 11) is 2.17. The minimum Gasteiger partial charge on any atom is -0.185 e. The van der Waals surface area contributed by atoms with E-state index in [0.717, 1.165) is 0 Å². The van der Waals surface area contributed by atoms with Crippen LogP contribution in [0.5, 0.6) is 0 Å². The number of hydrogen-bond donors (Lipinski definition) is 0. The molecule has 0 saturated carbocycles. The normalized spacial score (nSPS) is 11.3. The first kappa shape index (κ1) is 12.5. The molecule has 0 unspecified atom stereocenters. The van der Waals surface area contributed by atoms with Crippen molar-refractivity contribution in [2.75, 3.05) is 0 Å². The summed E-state index contributed by atoms with van der Waals surface area (Å²) in [6.07, 6.45) is 0. The third-order valence-electron chi connectivity index (χ3n) is 4.11. The van der Waals surface area contributed by atoms with Crippen LogP contribution in [-0.2, 0) is 7.05 Å². The Balaban J connectivity index is 2.07. The number of aromatic nitrogens is 1. The molecule has 2 heterocycles. The first-order chi connectivity index (χ1) is 10.3. The number of benzene rings is 2. The van der Waals surface area contributed by atoms with Crippen LogP contribution in [-0.4, -0.2) is 0 Å². The molecule has 2 aromatic heterocycles. The average molecular weight is 290 g/mol. The van der Waals surface area contributed by atoms with Crippen molar-refractivity contribution in [1.29, 1.82) is 0 Å². The summed E-state index contributed by atoms with van der Waals surface area (Å²) in [4.78, 5) is 1.33. The van der Waals surface area contributed by atoms with Gasteiger partial charge >= 0.3 is 0 Å². The lowest BCUT2D eigenvalue weighted by Crippen LogP contribution is -2.31. The summed E-state index contributed by atoms with van der Waals surface area (Å²) in [5.74, 6) is 0. The van der Waals surface area contributed by atoms with Crippen LogP contribution in [0.2, 0.25) is 0 Å². The molecule has 4 rings (SSSR count). The number of pyridine rings is 1. The van der Waals surface area contributed by atoms with Crippen molar-refractivity contribution < 1.29 is 4.57 Å². The molecule has 0 aliphatic rings. The Kier molecular flexibility index (Phi) is 2.79. The maximum absolute atomic E-state index is 2.32. The Bertz CT molecular complexity index is 966. The first-order valence-electron chi connectivity index (χ1n) is 7.12. The molecule has 0 fully saturated rings. The zero-order valence-electron chi connectivity index (χ0n) is 12.1. The summed E-state index contributed by atoms with van der Waals surface area (Å²) in [5.41, 5.74) is 3.89. The summed E-state index contributed by atoms with van der Waals surface area (Å²) < 4.78 is 3.67. The van der Waals surface area contributed by atoms with Crippen LogP contribution in [0.25, 0.3) is 31.6 Å². The van der Waals surface area contributed by atoms with Crippen molar-refractivity contribution in [3.63, 3.8) is 0 Å². The standard InChI is InChI=1S/C19H16NS/c1-13-7-3-4-8-14(13)17-12-11-16-15-9-5-6-10-18(15)21-19(16)20(17)2/h3-12H,1-2H3/q+1. The monoisotopic (exact) mass is 290 g/mol. The number of hydrogen-bond acceptors (Lipinski definition) is 1. The Morgan fingerprint density at radius 3 is 2.43 bits per heavy atom. The Hall–Kier alpha value is -2.19. The molecule has 0 N–H and O–H groups in total. The minimum atomic E-state index is 1.27. The fraction of sp³-hybridized carbons (Fsp3) is 0.105. The molecule has 0 amide bonds. The van der Waals surface area contributed by atoms with Gasteiger partial charge in [-0.1, -0.05) is 47.7 Å². The molecule has 102 valence electrons. The first-order valence-corrected chi connectivity index (χ1v) is 7.93. The van der Waals surface area contributed by atoms with Crippen LogP contribution >= 0.6 is 11.3 Å². The highest BCUT2D eigenvalue weighted by Gasteiger charge is 2.18. The van der Waals surface area contributed by atoms with Gasteiger partial charge in [0.2, 0.25) is 5.69 Å². The summed E-state index contributed by atoms with van der Waals surface area (Å²) in [5, 5.41) is 2.69. The Labute approximate surface area is 128 Å². The molecule has 0 aliphatic carbocycles. The summed E-state index contributed by atoms with van der Waals surface area (Å²) >= 11 is 1.87. The molecule has 0 spiro atoms. The maximum Gasteiger partial charge on any atom is 0.270 e. The molecule has 2 heteroatoms. The van der Waals surface area contributed by atoms with Crippen molar-refractivity contribution in [2.24, 2.45) is 7.05 Å². The third kappa shape index (κ3) is 1.87. The van der Waals surface area contributed by atoms with Gasteiger partial charge in [-0.05, 0) is 30.7 Å². The van der Waals surface area contributed by atoms with Crippen molar-refractivity contribution >= 4 is 31.6 Å². The number of thiophene rings is 1. The topological polar surface area (TPSA) is 3.88 Å². The van der Waals surface area contributed by atoms with Crippen molar-refractivity contribution in [3.8, 4) is 11.3 Å². The average Bonchev–Trinajstić information content (AvgIpc) is 2.89. The second-order valence-electron chi connectivity index (χ2n) is 5.41. The van der Waals surface area contributed by atoms with E-state index in [0.29, 0.717) is 0 Å². The number of rotatable bonds is 1. The molecule has 0 radical (unpaired) electrons. The fourth-order valence-corrected chi connectivity index (χ4v) is 4.14. The highest BCUT2D eigenvalue weighted by molar-refractivity contribution is 7.25. The van der Waals surface area contributed by atoms with Gasteiger partial charge in [-0.25, -0.2) is 0 Å². The van der Waals surface area contributed by atoms with E-state index in [-0.39, 0.29) is 0 Å². The van der Waals surface area contributed by atoms with Crippen molar-refractivity contribution in [2.45, 2.75) is 6.92 Å². The predicted molar refractivity (Wildman–Crippen MR) is 90.7 cm³/mol. The molecule has 21 heavy (non-hydrogen) atoms. The molecular weight excluding hydrogens is 274 g/mol. The van der Waals surface area contributed by atoms with Gasteiger partial charge in [0.15, 0.2) is 0 Å².